The summed E-state index contributed by atoms with van der Waals surface area (Å²) in [6.07, 6.45) is 0. The van der Waals surface area contributed by atoms with Gasteiger partial charge in [-0.2, -0.15) is 0 Å². The summed E-state index contributed by atoms with van der Waals surface area (Å²) in [5, 5.41) is 0. The molecule has 2 nitrogen and oxygen atoms in total. The van der Waals surface area contributed by atoms with Crippen LogP contribution < -0.4 is 0 Å². The zero-order valence-corrected chi connectivity index (χ0v) is 6.82. The van der Waals surface area contributed by atoms with Crippen LogP contribution >= 0.6 is 0 Å². The highest BCUT2D eigenvalue weighted by molar-refractivity contribution is 5.92. The zero-order valence-electron chi connectivity index (χ0n) is 6.82. The number of cyclic esters (lactones) is 1. The summed E-state index contributed by atoms with van der Waals surface area (Å²) < 4.78 is 5.06. The lowest BCUT2D eigenvalue weighted by Crippen LogP contribution is -2.21. The molecule has 1 heterocycles. The van der Waals surface area contributed by atoms with Gasteiger partial charge in [0.25, 0.3) is 0 Å². The second-order valence-corrected chi connectivity index (χ2v) is 3.15. The lowest BCUT2D eigenvalue weighted by Gasteiger charge is -2.18. The number of rotatable bonds is 0. The van der Waals surface area contributed by atoms with Gasteiger partial charge in [-0.15, -0.1) is 0 Å². The fourth-order valence-corrected chi connectivity index (χ4v) is 0.989. The van der Waals surface area contributed by atoms with E-state index in [9.17, 15) is 4.79 Å². The fraction of sp³-hybridized carbons (Fsp3) is 0.625. The molecule has 0 N–H and O–H groups in total. The fourth-order valence-electron chi connectivity index (χ4n) is 0.989. The third-order valence-corrected chi connectivity index (χ3v) is 2.12. The summed E-state index contributed by atoms with van der Waals surface area (Å²) in [4.78, 5) is 10.9. The van der Waals surface area contributed by atoms with E-state index in [1.165, 1.54) is 0 Å². The molecule has 0 amide bonds. The molecular formula is C8H12O2. The molecule has 0 unspecified atom stereocenters. The summed E-state index contributed by atoms with van der Waals surface area (Å²) >= 11 is 0. The van der Waals surface area contributed by atoms with Crippen LogP contribution in [0, 0.1) is 0 Å². The third-order valence-electron chi connectivity index (χ3n) is 2.12. The average Bonchev–Trinajstić information content (AvgIpc) is 1.95. The summed E-state index contributed by atoms with van der Waals surface area (Å²) in [6, 6.07) is 0. The maximum atomic E-state index is 10.9. The predicted octanol–water partition coefficient (Wildman–Crippen LogP) is 1.66. The lowest BCUT2D eigenvalue weighted by atomic mass is 9.98. The van der Waals surface area contributed by atoms with Gasteiger partial charge in [0, 0.05) is 5.57 Å². The van der Waals surface area contributed by atoms with Crippen molar-refractivity contribution in [2.75, 3.05) is 0 Å². The third kappa shape index (κ3) is 0.838. The molecule has 1 aliphatic rings. The molecule has 0 spiro atoms. The Morgan fingerprint density at radius 1 is 1.30 bits per heavy atom. The van der Waals surface area contributed by atoms with E-state index in [1.54, 1.807) is 6.92 Å². The number of carbonyl (C=O) groups excluding carboxylic acids is 1. The van der Waals surface area contributed by atoms with Crippen LogP contribution in [0.4, 0.5) is 0 Å². The van der Waals surface area contributed by atoms with E-state index in [-0.39, 0.29) is 11.6 Å². The van der Waals surface area contributed by atoms with Gasteiger partial charge >= 0.3 is 5.97 Å². The Hall–Kier alpha value is -0.790. The summed E-state index contributed by atoms with van der Waals surface area (Å²) in [6.45, 7) is 7.53. The highest BCUT2D eigenvalue weighted by Crippen LogP contribution is 2.30. The van der Waals surface area contributed by atoms with Crippen LogP contribution in [0.15, 0.2) is 11.1 Å². The minimum absolute atomic E-state index is 0.178. The van der Waals surface area contributed by atoms with Crippen molar-refractivity contribution in [2.45, 2.75) is 33.3 Å². The van der Waals surface area contributed by atoms with Crippen LogP contribution in [0.5, 0.6) is 0 Å². The first-order valence-corrected chi connectivity index (χ1v) is 3.36. The van der Waals surface area contributed by atoms with Gasteiger partial charge in [0.1, 0.15) is 5.60 Å². The van der Waals surface area contributed by atoms with Crippen LogP contribution in [0.1, 0.15) is 27.7 Å². The normalized spacial score (nSPS) is 23.4. The lowest BCUT2D eigenvalue weighted by molar-refractivity contribution is -0.144. The van der Waals surface area contributed by atoms with Crippen molar-refractivity contribution in [1.82, 2.24) is 0 Å². The molecular weight excluding hydrogens is 128 g/mol. The molecule has 0 saturated heterocycles. The number of carbonyl (C=O) groups is 1. The van der Waals surface area contributed by atoms with E-state index < -0.39 is 0 Å². The summed E-state index contributed by atoms with van der Waals surface area (Å²) in [5.74, 6) is -0.178. The van der Waals surface area contributed by atoms with Crippen molar-refractivity contribution in [3.63, 3.8) is 0 Å². The van der Waals surface area contributed by atoms with E-state index in [4.69, 9.17) is 4.74 Å². The SMILES string of the molecule is CC1=C(C)C(C)(C)OC1=O. The minimum Gasteiger partial charge on any atom is -0.452 e. The topological polar surface area (TPSA) is 26.3 Å². The monoisotopic (exact) mass is 140 g/mol. The molecule has 0 radical (unpaired) electrons. The van der Waals surface area contributed by atoms with Crippen molar-refractivity contribution in [3.8, 4) is 0 Å². The van der Waals surface area contributed by atoms with E-state index in [1.807, 2.05) is 20.8 Å². The molecule has 0 bridgehead atoms. The van der Waals surface area contributed by atoms with Crippen molar-refractivity contribution in [2.24, 2.45) is 0 Å². The zero-order chi connectivity index (χ0) is 7.94. The average molecular weight is 140 g/mol. The second kappa shape index (κ2) is 1.84. The smallest absolute Gasteiger partial charge is 0.334 e. The molecule has 1 rings (SSSR count). The van der Waals surface area contributed by atoms with Gasteiger partial charge in [-0.1, -0.05) is 0 Å². The Balaban J connectivity index is 3.06. The largest absolute Gasteiger partial charge is 0.452 e. The highest BCUT2D eigenvalue weighted by atomic mass is 16.6. The van der Waals surface area contributed by atoms with Gasteiger partial charge in [-0.05, 0) is 33.3 Å². The van der Waals surface area contributed by atoms with Gasteiger partial charge in [0.05, 0.1) is 0 Å². The number of hydrogen-bond donors (Lipinski definition) is 0. The molecule has 0 aliphatic carbocycles. The number of hydrogen-bond acceptors (Lipinski definition) is 2. The van der Waals surface area contributed by atoms with Crippen LogP contribution in [-0.2, 0) is 9.53 Å². The Morgan fingerprint density at radius 2 is 1.80 bits per heavy atom. The molecule has 0 aromatic rings. The number of esters is 1. The maximum absolute atomic E-state index is 10.9. The quantitative estimate of drug-likeness (QED) is 0.478. The molecule has 56 valence electrons. The van der Waals surface area contributed by atoms with Crippen LogP contribution in [0.25, 0.3) is 0 Å². The van der Waals surface area contributed by atoms with Gasteiger partial charge in [0.2, 0.25) is 0 Å². The summed E-state index contributed by atoms with van der Waals surface area (Å²) in [7, 11) is 0. The Bertz CT molecular complexity index is 211. The Kier molecular flexibility index (Phi) is 1.35. The van der Waals surface area contributed by atoms with Gasteiger partial charge in [0.15, 0.2) is 0 Å². The van der Waals surface area contributed by atoms with E-state index in [0.29, 0.717) is 0 Å². The first-order valence-electron chi connectivity index (χ1n) is 3.36. The van der Waals surface area contributed by atoms with Crippen LogP contribution in [0.2, 0.25) is 0 Å². The standard InChI is InChI=1S/C8H12O2/c1-5-6(2)8(3,4)10-7(5)9/h1-4H3. The van der Waals surface area contributed by atoms with Gasteiger partial charge in [-0.25, -0.2) is 4.79 Å². The Labute approximate surface area is 60.9 Å². The molecule has 0 aromatic heterocycles. The van der Waals surface area contributed by atoms with Gasteiger partial charge < -0.3 is 4.74 Å². The minimum atomic E-state index is -0.374. The molecule has 0 fully saturated rings. The summed E-state index contributed by atoms with van der Waals surface area (Å²) in [5.41, 5.74) is 1.42. The second-order valence-electron chi connectivity index (χ2n) is 3.15. The van der Waals surface area contributed by atoms with E-state index >= 15 is 0 Å². The van der Waals surface area contributed by atoms with Crippen molar-refractivity contribution in [1.29, 1.82) is 0 Å². The molecule has 0 saturated carbocycles. The van der Waals surface area contributed by atoms with Crippen molar-refractivity contribution < 1.29 is 9.53 Å². The van der Waals surface area contributed by atoms with Crippen molar-refractivity contribution in [3.05, 3.63) is 11.1 Å². The molecule has 1 aliphatic heterocycles. The molecule has 10 heavy (non-hydrogen) atoms. The molecule has 2 heteroatoms. The molecule has 0 aromatic carbocycles. The van der Waals surface area contributed by atoms with Crippen LogP contribution in [0.3, 0.4) is 0 Å². The Morgan fingerprint density at radius 3 is 1.90 bits per heavy atom. The molecule has 0 atom stereocenters. The first kappa shape index (κ1) is 7.32. The highest BCUT2D eigenvalue weighted by Gasteiger charge is 2.34. The van der Waals surface area contributed by atoms with Gasteiger partial charge in [-0.3, -0.25) is 0 Å². The van der Waals surface area contributed by atoms with E-state index in [2.05, 4.69) is 0 Å². The maximum Gasteiger partial charge on any atom is 0.334 e. The van der Waals surface area contributed by atoms with E-state index in [0.717, 1.165) is 11.1 Å². The predicted molar refractivity (Wildman–Crippen MR) is 38.5 cm³/mol. The first-order chi connectivity index (χ1) is 4.45. The van der Waals surface area contributed by atoms with Crippen molar-refractivity contribution >= 4 is 5.97 Å². The van der Waals surface area contributed by atoms with Crippen LogP contribution in [-0.4, -0.2) is 11.6 Å². The number of ether oxygens (including phenoxy) is 1.